The molecule has 2 aromatic carbocycles. The topological polar surface area (TPSA) is 49.7 Å². The van der Waals surface area contributed by atoms with Crippen molar-refractivity contribution in [2.24, 2.45) is 4.40 Å². The number of sulfonamides is 1. The van der Waals surface area contributed by atoms with Gasteiger partial charge in [-0.25, -0.2) is 0 Å². The Kier molecular flexibility index (Phi) is 5.11. The summed E-state index contributed by atoms with van der Waals surface area (Å²) in [6.45, 7) is 0. The summed E-state index contributed by atoms with van der Waals surface area (Å²) in [4.78, 5) is 1.72. The number of rotatable bonds is 3. The van der Waals surface area contributed by atoms with E-state index in [1.807, 2.05) is 0 Å². The molecule has 22 heavy (non-hydrogen) atoms. The minimum atomic E-state index is -3.82. The second-order valence-electron chi connectivity index (χ2n) is 4.75. The lowest BCUT2D eigenvalue weighted by atomic mass is 10.2. The summed E-state index contributed by atoms with van der Waals surface area (Å²) >= 11 is 11.6. The van der Waals surface area contributed by atoms with Gasteiger partial charge in [0, 0.05) is 29.7 Å². The van der Waals surface area contributed by atoms with Gasteiger partial charge in [0.1, 0.15) is 5.84 Å². The average molecular weight is 357 g/mol. The molecule has 0 spiro atoms. The highest BCUT2D eigenvalue weighted by atomic mass is 35.5. The van der Waals surface area contributed by atoms with Crippen molar-refractivity contribution >= 4 is 39.1 Å². The maximum absolute atomic E-state index is 12.4. The standard InChI is InChI=1S/C15H14Cl2N2O2S/c1-19(2)15(11-3-5-12(16)6-4-11)18-22(20,21)14-9-7-13(17)8-10-14/h3-10H,1-2H3. The molecule has 0 aliphatic heterocycles. The van der Waals surface area contributed by atoms with Crippen LogP contribution in [0, 0.1) is 0 Å². The maximum Gasteiger partial charge on any atom is 0.284 e. The second-order valence-corrected chi connectivity index (χ2v) is 7.22. The summed E-state index contributed by atoms with van der Waals surface area (Å²) in [6.07, 6.45) is 0. The van der Waals surface area contributed by atoms with E-state index in [0.717, 1.165) is 0 Å². The van der Waals surface area contributed by atoms with Crippen LogP contribution in [0.15, 0.2) is 57.8 Å². The van der Waals surface area contributed by atoms with Crippen molar-refractivity contribution in [3.05, 3.63) is 64.1 Å². The predicted octanol–water partition coefficient (Wildman–Crippen LogP) is 3.69. The van der Waals surface area contributed by atoms with Crippen molar-refractivity contribution < 1.29 is 8.42 Å². The first-order valence-corrected chi connectivity index (χ1v) is 8.53. The number of hydrogen-bond donors (Lipinski definition) is 0. The molecule has 0 aliphatic rings. The van der Waals surface area contributed by atoms with Crippen molar-refractivity contribution in [2.45, 2.75) is 4.90 Å². The lowest BCUT2D eigenvalue weighted by molar-refractivity contribution is 0.592. The Labute approximate surface area is 140 Å². The average Bonchev–Trinajstić information content (AvgIpc) is 2.46. The van der Waals surface area contributed by atoms with Gasteiger partial charge in [-0.15, -0.1) is 4.40 Å². The van der Waals surface area contributed by atoms with Crippen LogP contribution >= 0.6 is 23.2 Å². The highest BCUT2D eigenvalue weighted by Gasteiger charge is 2.16. The van der Waals surface area contributed by atoms with E-state index in [4.69, 9.17) is 23.2 Å². The highest BCUT2D eigenvalue weighted by Crippen LogP contribution is 2.18. The molecular weight excluding hydrogens is 343 g/mol. The molecule has 0 fully saturated rings. The summed E-state index contributed by atoms with van der Waals surface area (Å²) in [5.74, 6) is 0.326. The summed E-state index contributed by atoms with van der Waals surface area (Å²) in [6, 6.07) is 12.7. The summed E-state index contributed by atoms with van der Waals surface area (Å²) < 4.78 is 28.8. The first-order chi connectivity index (χ1) is 10.3. The van der Waals surface area contributed by atoms with Gasteiger partial charge in [0.15, 0.2) is 0 Å². The van der Waals surface area contributed by atoms with Gasteiger partial charge in [0.05, 0.1) is 4.90 Å². The van der Waals surface area contributed by atoms with Crippen LogP contribution in [0.1, 0.15) is 5.56 Å². The van der Waals surface area contributed by atoms with Gasteiger partial charge in [-0.05, 0) is 48.5 Å². The summed E-state index contributed by atoms with van der Waals surface area (Å²) in [7, 11) is -0.371. The fourth-order valence-electron chi connectivity index (χ4n) is 1.76. The zero-order valence-electron chi connectivity index (χ0n) is 12.0. The number of nitrogens with zero attached hydrogens (tertiary/aromatic N) is 2. The van der Waals surface area contributed by atoms with Gasteiger partial charge in [0.25, 0.3) is 10.0 Å². The molecule has 2 rings (SSSR count). The lowest BCUT2D eigenvalue weighted by Crippen LogP contribution is -2.24. The Morgan fingerprint density at radius 2 is 1.36 bits per heavy atom. The van der Waals surface area contributed by atoms with Crippen molar-refractivity contribution in [3.8, 4) is 0 Å². The van der Waals surface area contributed by atoms with Crippen LogP contribution in [0.2, 0.25) is 10.0 Å². The third-order valence-corrected chi connectivity index (χ3v) is 4.63. The summed E-state index contributed by atoms with van der Waals surface area (Å²) in [5.41, 5.74) is 0.659. The lowest BCUT2D eigenvalue weighted by Gasteiger charge is -2.16. The smallest absolute Gasteiger partial charge is 0.284 e. The van der Waals surface area contributed by atoms with E-state index >= 15 is 0 Å². The van der Waals surface area contributed by atoms with Crippen molar-refractivity contribution in [2.75, 3.05) is 14.1 Å². The third kappa shape index (κ3) is 4.00. The SMILES string of the molecule is CN(C)C(=NS(=O)(=O)c1ccc(Cl)cc1)c1ccc(Cl)cc1. The molecule has 0 aliphatic carbocycles. The number of halogens is 2. The molecule has 0 heterocycles. The van der Waals surface area contributed by atoms with Gasteiger partial charge in [-0.3, -0.25) is 0 Å². The Morgan fingerprint density at radius 1 is 0.909 bits per heavy atom. The zero-order chi connectivity index (χ0) is 16.3. The molecule has 0 saturated carbocycles. The van der Waals surface area contributed by atoms with Crippen LogP contribution in [0.25, 0.3) is 0 Å². The molecule has 4 nitrogen and oxygen atoms in total. The first kappa shape index (κ1) is 16.8. The molecule has 0 unspecified atom stereocenters. The van der Waals surface area contributed by atoms with Gasteiger partial charge in [-0.2, -0.15) is 8.42 Å². The molecule has 7 heteroatoms. The Bertz CT molecular complexity index is 783. The van der Waals surface area contributed by atoms with Crippen LogP contribution in [0.5, 0.6) is 0 Å². The highest BCUT2D eigenvalue weighted by molar-refractivity contribution is 7.90. The van der Waals surface area contributed by atoms with E-state index in [9.17, 15) is 8.42 Å². The van der Waals surface area contributed by atoms with E-state index in [0.29, 0.717) is 21.4 Å². The van der Waals surface area contributed by atoms with Crippen LogP contribution in [0.3, 0.4) is 0 Å². The Balaban J connectivity index is 2.49. The number of amidine groups is 1. The molecule has 116 valence electrons. The van der Waals surface area contributed by atoms with Crippen LogP contribution in [-0.2, 0) is 10.0 Å². The van der Waals surface area contributed by atoms with Gasteiger partial charge >= 0.3 is 0 Å². The number of benzene rings is 2. The van der Waals surface area contributed by atoms with Crippen molar-refractivity contribution in [1.29, 1.82) is 0 Å². The van der Waals surface area contributed by atoms with Crippen molar-refractivity contribution in [1.82, 2.24) is 4.90 Å². The normalized spacial score (nSPS) is 12.3. The molecule has 0 N–H and O–H groups in total. The predicted molar refractivity (Wildman–Crippen MR) is 90.3 cm³/mol. The zero-order valence-corrected chi connectivity index (χ0v) is 14.3. The van der Waals surface area contributed by atoms with Gasteiger partial charge in [-0.1, -0.05) is 23.2 Å². The molecule has 0 atom stereocenters. The van der Waals surface area contributed by atoms with Crippen molar-refractivity contribution in [3.63, 3.8) is 0 Å². The molecule has 0 bridgehead atoms. The molecule has 0 aromatic heterocycles. The van der Waals surface area contributed by atoms with Crippen LogP contribution in [-0.4, -0.2) is 33.2 Å². The molecule has 0 radical (unpaired) electrons. The summed E-state index contributed by atoms with van der Waals surface area (Å²) in [5, 5.41) is 1.04. The molecular formula is C15H14Cl2N2O2S. The van der Waals surface area contributed by atoms with Gasteiger partial charge < -0.3 is 4.90 Å². The fourth-order valence-corrected chi connectivity index (χ4v) is 3.10. The third-order valence-electron chi connectivity index (χ3n) is 2.84. The quantitative estimate of drug-likeness (QED) is 0.622. The monoisotopic (exact) mass is 356 g/mol. The van der Waals surface area contributed by atoms with E-state index in [1.165, 1.54) is 24.3 Å². The maximum atomic E-state index is 12.4. The van der Waals surface area contributed by atoms with E-state index < -0.39 is 10.0 Å². The minimum absolute atomic E-state index is 0.0882. The van der Waals surface area contributed by atoms with Crippen LogP contribution < -0.4 is 0 Å². The molecule has 2 aromatic rings. The Morgan fingerprint density at radius 3 is 1.82 bits per heavy atom. The van der Waals surface area contributed by atoms with E-state index in [-0.39, 0.29) is 4.90 Å². The van der Waals surface area contributed by atoms with E-state index in [1.54, 1.807) is 43.3 Å². The first-order valence-electron chi connectivity index (χ1n) is 6.33. The fraction of sp³-hybridized carbons (Fsp3) is 0.133. The minimum Gasteiger partial charge on any atom is -0.362 e. The Hall–Kier alpha value is -1.56. The van der Waals surface area contributed by atoms with Gasteiger partial charge in [0.2, 0.25) is 0 Å². The molecule has 0 amide bonds. The van der Waals surface area contributed by atoms with Crippen LogP contribution in [0.4, 0.5) is 0 Å². The largest absolute Gasteiger partial charge is 0.362 e. The molecule has 0 saturated heterocycles. The van der Waals surface area contributed by atoms with E-state index in [2.05, 4.69) is 4.40 Å². The number of hydrogen-bond acceptors (Lipinski definition) is 2. The second kappa shape index (κ2) is 6.69.